The fourth-order valence-corrected chi connectivity index (χ4v) is 0.944. The molecule has 0 fully saturated rings. The number of nitrogens with zero attached hydrogens (tertiary/aromatic N) is 1. The van der Waals surface area contributed by atoms with Crippen LogP contribution in [0.15, 0.2) is 23.4 Å². The molecule has 0 bridgehead atoms. The minimum atomic E-state index is -0.663. The molecular weight excluding hydrogens is 189 g/mol. The fourth-order valence-electron chi connectivity index (χ4n) is 0.944. The molecule has 1 aromatic rings. The zero-order chi connectivity index (χ0) is 10.4. The molecule has 1 aromatic carbocycles. The largest absolute Gasteiger partial charge is 0.488 e. The van der Waals surface area contributed by atoms with E-state index in [1.807, 2.05) is 0 Å². The molecule has 4 nitrogen and oxygen atoms in total. The lowest BCUT2D eigenvalue weighted by molar-refractivity contribution is 0.112. The SMILES string of the molecule is O=Cc1ccc(N=O)c(OCCF)c1. The number of hydrogen-bond donors (Lipinski definition) is 0. The van der Waals surface area contributed by atoms with E-state index in [4.69, 9.17) is 4.74 Å². The molecule has 0 radical (unpaired) electrons. The van der Waals surface area contributed by atoms with Gasteiger partial charge in [-0.1, -0.05) is 0 Å². The minimum absolute atomic E-state index is 0.0593. The monoisotopic (exact) mass is 197 g/mol. The molecule has 0 spiro atoms. The van der Waals surface area contributed by atoms with E-state index in [1.54, 1.807) is 0 Å². The summed E-state index contributed by atoms with van der Waals surface area (Å²) < 4.78 is 16.7. The van der Waals surface area contributed by atoms with Crippen molar-refractivity contribution in [3.63, 3.8) is 0 Å². The molecule has 0 unspecified atom stereocenters. The van der Waals surface area contributed by atoms with Gasteiger partial charge in [0.05, 0.1) is 0 Å². The van der Waals surface area contributed by atoms with Gasteiger partial charge in [-0.25, -0.2) is 4.39 Å². The van der Waals surface area contributed by atoms with E-state index >= 15 is 0 Å². The average Bonchev–Trinajstić information content (AvgIpc) is 2.25. The predicted molar refractivity (Wildman–Crippen MR) is 48.8 cm³/mol. The Morgan fingerprint density at radius 1 is 1.50 bits per heavy atom. The number of nitroso groups, excluding NO2 is 1. The van der Waals surface area contributed by atoms with Gasteiger partial charge in [-0.2, -0.15) is 0 Å². The maximum atomic E-state index is 11.8. The Kier molecular flexibility index (Phi) is 3.72. The lowest BCUT2D eigenvalue weighted by atomic mass is 10.2. The van der Waals surface area contributed by atoms with Gasteiger partial charge in [-0.15, -0.1) is 4.91 Å². The second-order valence-corrected chi connectivity index (χ2v) is 2.47. The summed E-state index contributed by atoms with van der Waals surface area (Å²) in [5.74, 6) is 0.127. The zero-order valence-electron chi connectivity index (χ0n) is 7.27. The van der Waals surface area contributed by atoms with Crippen molar-refractivity contribution in [3.8, 4) is 5.75 Å². The molecule has 1 rings (SSSR count). The van der Waals surface area contributed by atoms with Crippen molar-refractivity contribution in [1.29, 1.82) is 0 Å². The fraction of sp³-hybridized carbons (Fsp3) is 0.222. The Morgan fingerprint density at radius 3 is 2.86 bits per heavy atom. The van der Waals surface area contributed by atoms with Crippen LogP contribution < -0.4 is 4.74 Å². The Morgan fingerprint density at radius 2 is 2.29 bits per heavy atom. The molecule has 0 aliphatic rings. The van der Waals surface area contributed by atoms with Crippen LogP contribution in [0.25, 0.3) is 0 Å². The Bertz CT molecular complexity index is 341. The van der Waals surface area contributed by atoms with Gasteiger partial charge < -0.3 is 4.74 Å². The first-order valence-corrected chi connectivity index (χ1v) is 3.93. The van der Waals surface area contributed by atoms with E-state index in [0.29, 0.717) is 11.8 Å². The van der Waals surface area contributed by atoms with Gasteiger partial charge >= 0.3 is 0 Å². The molecule has 0 saturated heterocycles. The van der Waals surface area contributed by atoms with Gasteiger partial charge in [0.2, 0.25) is 0 Å². The van der Waals surface area contributed by atoms with E-state index in [2.05, 4.69) is 5.18 Å². The van der Waals surface area contributed by atoms with Gasteiger partial charge in [0.15, 0.2) is 0 Å². The van der Waals surface area contributed by atoms with Crippen LogP contribution in [0.5, 0.6) is 5.75 Å². The molecule has 0 atom stereocenters. The van der Waals surface area contributed by atoms with E-state index in [1.165, 1.54) is 18.2 Å². The summed E-state index contributed by atoms with van der Waals surface area (Å²) in [6, 6.07) is 4.13. The van der Waals surface area contributed by atoms with Crippen molar-refractivity contribution in [1.82, 2.24) is 0 Å². The van der Waals surface area contributed by atoms with Gasteiger partial charge in [0.1, 0.15) is 31.0 Å². The summed E-state index contributed by atoms with van der Waals surface area (Å²) in [7, 11) is 0. The molecule has 0 aromatic heterocycles. The van der Waals surface area contributed by atoms with Crippen LogP contribution in [-0.2, 0) is 0 Å². The van der Waals surface area contributed by atoms with Crippen LogP contribution >= 0.6 is 0 Å². The topological polar surface area (TPSA) is 55.7 Å². The summed E-state index contributed by atoms with van der Waals surface area (Å²) in [6.45, 7) is -0.825. The standard InChI is InChI=1S/C9H8FNO3/c10-3-4-14-9-5-7(6-12)1-2-8(9)11-13/h1-2,5-6H,3-4H2. The number of aldehydes is 1. The van der Waals surface area contributed by atoms with Crippen molar-refractivity contribution >= 4 is 12.0 Å². The highest BCUT2D eigenvalue weighted by Gasteiger charge is 2.05. The number of benzene rings is 1. The number of rotatable bonds is 5. The van der Waals surface area contributed by atoms with E-state index in [-0.39, 0.29) is 18.0 Å². The van der Waals surface area contributed by atoms with Crippen LogP contribution in [0.3, 0.4) is 0 Å². The molecule has 0 aliphatic carbocycles. The van der Waals surface area contributed by atoms with Crippen molar-refractivity contribution in [2.24, 2.45) is 5.18 Å². The molecule has 14 heavy (non-hydrogen) atoms. The van der Waals surface area contributed by atoms with Crippen LogP contribution in [0.4, 0.5) is 10.1 Å². The van der Waals surface area contributed by atoms with Gasteiger partial charge in [0, 0.05) is 5.56 Å². The summed E-state index contributed by atoms with van der Waals surface area (Å²) in [6.07, 6.45) is 0.608. The highest BCUT2D eigenvalue weighted by molar-refractivity contribution is 5.77. The minimum Gasteiger partial charge on any atom is -0.488 e. The number of carbonyl (C=O) groups is 1. The first kappa shape index (κ1) is 10.3. The third-order valence-electron chi connectivity index (χ3n) is 1.55. The zero-order valence-corrected chi connectivity index (χ0v) is 7.27. The van der Waals surface area contributed by atoms with Crippen molar-refractivity contribution in [3.05, 3.63) is 28.7 Å². The van der Waals surface area contributed by atoms with E-state index in [9.17, 15) is 14.1 Å². The lowest BCUT2D eigenvalue weighted by Gasteiger charge is -2.05. The summed E-state index contributed by atoms with van der Waals surface area (Å²) in [4.78, 5) is 20.7. The van der Waals surface area contributed by atoms with Crippen LogP contribution in [-0.4, -0.2) is 19.6 Å². The predicted octanol–water partition coefficient (Wildman–Crippen LogP) is 2.25. The maximum Gasteiger partial charge on any atom is 0.150 e. The van der Waals surface area contributed by atoms with Crippen LogP contribution in [0, 0.1) is 4.91 Å². The van der Waals surface area contributed by atoms with E-state index < -0.39 is 6.67 Å². The molecule has 0 saturated carbocycles. The summed E-state index contributed by atoms with van der Waals surface area (Å²) in [5, 5.41) is 2.69. The highest BCUT2D eigenvalue weighted by atomic mass is 19.1. The van der Waals surface area contributed by atoms with Crippen molar-refractivity contribution < 1.29 is 13.9 Å². The Hall–Kier alpha value is -1.78. The summed E-state index contributed by atoms with van der Waals surface area (Å²) >= 11 is 0. The average molecular weight is 197 g/mol. The number of carbonyl (C=O) groups excluding carboxylic acids is 1. The van der Waals surface area contributed by atoms with Crippen molar-refractivity contribution in [2.75, 3.05) is 13.3 Å². The molecular formula is C9H8FNO3. The number of alkyl halides is 1. The highest BCUT2D eigenvalue weighted by Crippen LogP contribution is 2.27. The quantitative estimate of drug-likeness (QED) is 0.537. The number of ether oxygens (including phenoxy) is 1. The van der Waals surface area contributed by atoms with Gasteiger partial charge in [0.25, 0.3) is 0 Å². The van der Waals surface area contributed by atoms with Gasteiger partial charge in [-0.3, -0.25) is 4.79 Å². The normalized spacial score (nSPS) is 9.50. The number of hydrogen-bond acceptors (Lipinski definition) is 4. The summed E-state index contributed by atoms with van der Waals surface area (Å²) in [5.41, 5.74) is 0.412. The molecule has 0 aliphatic heterocycles. The Labute approximate surface area is 79.7 Å². The molecule has 0 heterocycles. The third-order valence-corrected chi connectivity index (χ3v) is 1.55. The van der Waals surface area contributed by atoms with Gasteiger partial charge in [-0.05, 0) is 23.4 Å². The van der Waals surface area contributed by atoms with Crippen molar-refractivity contribution in [2.45, 2.75) is 0 Å². The molecule has 0 amide bonds. The second kappa shape index (κ2) is 5.06. The molecule has 0 N–H and O–H groups in total. The Balaban J connectivity index is 2.95. The molecule has 5 heteroatoms. The first-order valence-electron chi connectivity index (χ1n) is 3.93. The second-order valence-electron chi connectivity index (χ2n) is 2.47. The smallest absolute Gasteiger partial charge is 0.150 e. The van der Waals surface area contributed by atoms with Crippen LogP contribution in [0.1, 0.15) is 10.4 Å². The molecule has 74 valence electrons. The van der Waals surface area contributed by atoms with E-state index in [0.717, 1.165) is 0 Å². The maximum absolute atomic E-state index is 11.8. The van der Waals surface area contributed by atoms with Crippen LogP contribution in [0.2, 0.25) is 0 Å². The first-order chi connectivity index (χ1) is 6.81. The third kappa shape index (κ3) is 2.35. The lowest BCUT2D eigenvalue weighted by Crippen LogP contribution is -1.99. The number of halogens is 1.